The summed E-state index contributed by atoms with van der Waals surface area (Å²) in [6.45, 7) is 1.44. The van der Waals surface area contributed by atoms with Crippen molar-refractivity contribution in [1.29, 1.82) is 0 Å². The SMILES string of the molecule is CC(NC(=O)CNC(=O)C1CCCCC1)c1cccc(C(F)(F)F)c1. The lowest BCUT2D eigenvalue weighted by atomic mass is 9.89. The van der Waals surface area contributed by atoms with E-state index in [0.717, 1.165) is 44.2 Å². The van der Waals surface area contributed by atoms with E-state index in [1.54, 1.807) is 6.92 Å². The topological polar surface area (TPSA) is 58.2 Å². The van der Waals surface area contributed by atoms with Crippen molar-refractivity contribution >= 4 is 11.8 Å². The molecule has 0 saturated heterocycles. The van der Waals surface area contributed by atoms with Crippen LogP contribution < -0.4 is 10.6 Å². The third-order valence-corrected chi connectivity index (χ3v) is 4.49. The van der Waals surface area contributed by atoms with E-state index in [2.05, 4.69) is 10.6 Å². The van der Waals surface area contributed by atoms with Crippen molar-refractivity contribution in [2.45, 2.75) is 51.2 Å². The Hall–Kier alpha value is -2.05. The Balaban J connectivity index is 1.84. The van der Waals surface area contributed by atoms with Gasteiger partial charge >= 0.3 is 6.18 Å². The molecule has 1 aliphatic carbocycles. The number of hydrogen-bond acceptors (Lipinski definition) is 2. The van der Waals surface area contributed by atoms with E-state index >= 15 is 0 Å². The Morgan fingerprint density at radius 2 is 1.88 bits per heavy atom. The fourth-order valence-electron chi connectivity index (χ4n) is 3.04. The third-order valence-electron chi connectivity index (χ3n) is 4.49. The molecule has 2 amide bonds. The van der Waals surface area contributed by atoms with Crippen molar-refractivity contribution in [1.82, 2.24) is 10.6 Å². The van der Waals surface area contributed by atoms with Gasteiger partial charge in [0.05, 0.1) is 18.2 Å². The molecule has 0 radical (unpaired) electrons. The van der Waals surface area contributed by atoms with Gasteiger partial charge in [-0.05, 0) is 37.5 Å². The van der Waals surface area contributed by atoms with Crippen LogP contribution in [-0.2, 0) is 15.8 Å². The van der Waals surface area contributed by atoms with Gasteiger partial charge in [0.1, 0.15) is 0 Å². The fourth-order valence-corrected chi connectivity index (χ4v) is 3.04. The van der Waals surface area contributed by atoms with Gasteiger partial charge in [-0.1, -0.05) is 31.4 Å². The summed E-state index contributed by atoms with van der Waals surface area (Å²) < 4.78 is 38.2. The molecular weight excluding hydrogens is 333 g/mol. The normalized spacial score (nSPS) is 17.0. The van der Waals surface area contributed by atoms with E-state index in [-0.39, 0.29) is 18.4 Å². The molecule has 1 fully saturated rings. The monoisotopic (exact) mass is 356 g/mol. The van der Waals surface area contributed by atoms with Crippen LogP contribution in [0.15, 0.2) is 24.3 Å². The minimum atomic E-state index is -4.42. The highest BCUT2D eigenvalue weighted by Crippen LogP contribution is 2.30. The van der Waals surface area contributed by atoms with Gasteiger partial charge in [0, 0.05) is 5.92 Å². The van der Waals surface area contributed by atoms with E-state index in [0.29, 0.717) is 5.56 Å². The molecule has 1 aliphatic rings. The van der Waals surface area contributed by atoms with Gasteiger partial charge in [-0.15, -0.1) is 0 Å². The standard InChI is InChI=1S/C18H23F3N2O2/c1-12(14-8-5-9-15(10-14)18(19,20)21)23-16(24)11-22-17(25)13-6-3-2-4-7-13/h5,8-10,12-13H,2-4,6-7,11H2,1H3,(H,22,25)(H,23,24). The zero-order chi connectivity index (χ0) is 18.4. The molecular formula is C18H23F3N2O2. The fraction of sp³-hybridized carbons (Fsp3) is 0.556. The van der Waals surface area contributed by atoms with Gasteiger partial charge < -0.3 is 10.6 Å². The molecule has 0 aromatic heterocycles. The highest BCUT2D eigenvalue weighted by atomic mass is 19.4. The van der Waals surface area contributed by atoms with E-state index in [1.165, 1.54) is 12.1 Å². The van der Waals surface area contributed by atoms with Crippen LogP contribution in [0.1, 0.15) is 56.2 Å². The van der Waals surface area contributed by atoms with E-state index < -0.39 is 23.7 Å². The maximum Gasteiger partial charge on any atom is 0.416 e. The van der Waals surface area contributed by atoms with Crippen molar-refractivity contribution in [3.05, 3.63) is 35.4 Å². The predicted octanol–water partition coefficient (Wildman–Crippen LogP) is 3.58. The average Bonchev–Trinajstić information content (AvgIpc) is 2.59. The zero-order valence-corrected chi connectivity index (χ0v) is 14.2. The number of alkyl halides is 3. The maximum atomic E-state index is 12.7. The van der Waals surface area contributed by atoms with Crippen molar-refractivity contribution in [3.63, 3.8) is 0 Å². The molecule has 1 saturated carbocycles. The summed E-state index contributed by atoms with van der Waals surface area (Å²) in [5.41, 5.74) is -0.390. The van der Waals surface area contributed by atoms with Crippen LogP contribution in [0.2, 0.25) is 0 Å². The lowest BCUT2D eigenvalue weighted by Gasteiger charge is -2.21. The second-order valence-electron chi connectivity index (χ2n) is 6.47. The van der Waals surface area contributed by atoms with Crippen LogP contribution in [0.5, 0.6) is 0 Å². The molecule has 138 valence electrons. The highest BCUT2D eigenvalue weighted by Gasteiger charge is 2.30. The van der Waals surface area contributed by atoms with Gasteiger partial charge in [-0.25, -0.2) is 0 Å². The molecule has 4 nitrogen and oxygen atoms in total. The Kier molecular flexibility index (Phi) is 6.45. The molecule has 1 aromatic rings. The number of amides is 2. The molecule has 7 heteroatoms. The molecule has 2 rings (SSSR count). The van der Waals surface area contributed by atoms with Crippen LogP contribution >= 0.6 is 0 Å². The lowest BCUT2D eigenvalue weighted by molar-refractivity contribution is -0.137. The molecule has 1 atom stereocenters. The van der Waals surface area contributed by atoms with Gasteiger partial charge in [0.15, 0.2) is 0 Å². The Morgan fingerprint density at radius 3 is 2.52 bits per heavy atom. The first kappa shape index (κ1) is 19.3. The van der Waals surface area contributed by atoms with Crippen molar-refractivity contribution in [2.75, 3.05) is 6.54 Å². The Bertz CT molecular complexity index is 611. The molecule has 1 unspecified atom stereocenters. The third kappa shape index (κ3) is 5.76. The smallest absolute Gasteiger partial charge is 0.348 e. The first-order chi connectivity index (χ1) is 11.8. The summed E-state index contributed by atoms with van der Waals surface area (Å²) in [4.78, 5) is 23.9. The Morgan fingerprint density at radius 1 is 1.20 bits per heavy atom. The molecule has 25 heavy (non-hydrogen) atoms. The zero-order valence-electron chi connectivity index (χ0n) is 14.2. The van der Waals surface area contributed by atoms with Crippen LogP contribution in [0, 0.1) is 5.92 Å². The minimum absolute atomic E-state index is 0.0394. The lowest BCUT2D eigenvalue weighted by Crippen LogP contribution is -2.40. The molecule has 0 aliphatic heterocycles. The summed E-state index contributed by atoms with van der Waals surface area (Å²) in [5.74, 6) is -0.585. The van der Waals surface area contributed by atoms with E-state index in [9.17, 15) is 22.8 Å². The van der Waals surface area contributed by atoms with Gasteiger partial charge in [-0.3, -0.25) is 9.59 Å². The first-order valence-electron chi connectivity index (χ1n) is 8.51. The number of carbonyl (C=O) groups excluding carboxylic acids is 2. The maximum absolute atomic E-state index is 12.7. The number of nitrogens with one attached hydrogen (secondary N) is 2. The highest BCUT2D eigenvalue weighted by molar-refractivity contribution is 5.86. The minimum Gasteiger partial charge on any atom is -0.348 e. The van der Waals surface area contributed by atoms with Gasteiger partial charge in [0.2, 0.25) is 11.8 Å². The van der Waals surface area contributed by atoms with Gasteiger partial charge in [-0.2, -0.15) is 13.2 Å². The second kappa shape index (κ2) is 8.36. The molecule has 0 bridgehead atoms. The number of halogens is 3. The number of carbonyl (C=O) groups is 2. The average molecular weight is 356 g/mol. The van der Waals surface area contributed by atoms with Crippen molar-refractivity contribution in [3.8, 4) is 0 Å². The summed E-state index contributed by atoms with van der Waals surface area (Å²) in [5, 5.41) is 5.23. The van der Waals surface area contributed by atoms with Crippen LogP contribution in [0.25, 0.3) is 0 Å². The molecule has 0 spiro atoms. The van der Waals surface area contributed by atoms with Crippen molar-refractivity contribution in [2.24, 2.45) is 5.92 Å². The van der Waals surface area contributed by atoms with E-state index in [1.807, 2.05) is 0 Å². The molecule has 2 N–H and O–H groups in total. The number of rotatable bonds is 5. The largest absolute Gasteiger partial charge is 0.416 e. The molecule has 1 aromatic carbocycles. The summed E-state index contributed by atoms with van der Waals surface area (Å²) in [6, 6.07) is 4.27. The summed E-state index contributed by atoms with van der Waals surface area (Å²) in [7, 11) is 0. The second-order valence-corrected chi connectivity index (χ2v) is 6.47. The van der Waals surface area contributed by atoms with Crippen LogP contribution in [-0.4, -0.2) is 18.4 Å². The van der Waals surface area contributed by atoms with Gasteiger partial charge in [0.25, 0.3) is 0 Å². The summed E-state index contributed by atoms with van der Waals surface area (Å²) >= 11 is 0. The quantitative estimate of drug-likeness (QED) is 0.847. The predicted molar refractivity (Wildman–Crippen MR) is 87.6 cm³/mol. The van der Waals surface area contributed by atoms with Crippen LogP contribution in [0.4, 0.5) is 13.2 Å². The van der Waals surface area contributed by atoms with E-state index in [4.69, 9.17) is 0 Å². The molecule has 0 heterocycles. The van der Waals surface area contributed by atoms with Crippen LogP contribution in [0.3, 0.4) is 0 Å². The summed E-state index contributed by atoms with van der Waals surface area (Å²) in [6.07, 6.45) is 0.447. The van der Waals surface area contributed by atoms with Crippen molar-refractivity contribution < 1.29 is 22.8 Å². The number of hydrogen-bond donors (Lipinski definition) is 2. The Labute approximate surface area is 145 Å². The number of benzene rings is 1. The first-order valence-corrected chi connectivity index (χ1v) is 8.51.